The maximum atomic E-state index is 5.87. The molecule has 0 aliphatic carbocycles. The fourth-order valence-corrected chi connectivity index (χ4v) is 3.02. The second kappa shape index (κ2) is 6.46. The van der Waals surface area contributed by atoms with Gasteiger partial charge < -0.3 is 5.32 Å². The van der Waals surface area contributed by atoms with Gasteiger partial charge in [0.25, 0.3) is 0 Å². The van der Waals surface area contributed by atoms with Crippen molar-refractivity contribution in [1.29, 1.82) is 0 Å². The summed E-state index contributed by atoms with van der Waals surface area (Å²) in [5, 5.41) is 4.18. The number of aromatic nitrogens is 1. The predicted molar refractivity (Wildman–Crippen MR) is 87.6 cm³/mol. The molecule has 1 saturated heterocycles. The van der Waals surface area contributed by atoms with Gasteiger partial charge in [-0.2, -0.15) is 0 Å². The average molecular weight is 302 g/mol. The van der Waals surface area contributed by atoms with Gasteiger partial charge in [-0.25, -0.2) is 4.98 Å². The van der Waals surface area contributed by atoms with E-state index >= 15 is 0 Å². The van der Waals surface area contributed by atoms with Crippen molar-refractivity contribution in [3.63, 3.8) is 0 Å². The summed E-state index contributed by atoms with van der Waals surface area (Å²) in [6, 6.07) is 15.5. The maximum Gasteiger partial charge on any atom is 0.126 e. The van der Waals surface area contributed by atoms with Gasteiger partial charge in [-0.15, -0.1) is 0 Å². The topological polar surface area (TPSA) is 28.2 Å². The zero-order chi connectivity index (χ0) is 14.7. The number of hydrogen-bond donors (Lipinski definition) is 1. The van der Waals surface area contributed by atoms with E-state index < -0.39 is 0 Å². The van der Waals surface area contributed by atoms with Gasteiger partial charge >= 0.3 is 0 Å². The summed E-state index contributed by atoms with van der Waals surface area (Å²) in [7, 11) is 0. The average Bonchev–Trinajstić information content (AvgIpc) is 2.82. The van der Waals surface area contributed by atoms with Gasteiger partial charge in [0, 0.05) is 31.4 Å². The fourth-order valence-electron chi connectivity index (χ4n) is 2.91. The molecule has 21 heavy (non-hydrogen) atoms. The van der Waals surface area contributed by atoms with Crippen molar-refractivity contribution in [2.24, 2.45) is 0 Å². The highest BCUT2D eigenvalue weighted by Gasteiger charge is 2.28. The first-order valence-electron chi connectivity index (χ1n) is 7.37. The Morgan fingerprint density at radius 2 is 2.05 bits per heavy atom. The van der Waals surface area contributed by atoms with Crippen molar-refractivity contribution in [3.05, 3.63) is 59.2 Å². The first kappa shape index (κ1) is 14.4. The van der Waals surface area contributed by atoms with E-state index in [0.717, 1.165) is 25.3 Å². The Balaban J connectivity index is 1.59. The maximum absolute atomic E-state index is 5.87. The first-order chi connectivity index (χ1) is 10.2. The molecule has 2 atom stereocenters. The van der Waals surface area contributed by atoms with Crippen LogP contribution in [0.1, 0.15) is 18.9 Å². The summed E-state index contributed by atoms with van der Waals surface area (Å²) in [6.45, 7) is 4.34. The first-order valence-corrected chi connectivity index (χ1v) is 7.74. The van der Waals surface area contributed by atoms with Gasteiger partial charge in [0.15, 0.2) is 0 Å². The fraction of sp³-hybridized carbons (Fsp3) is 0.353. The molecule has 2 heterocycles. The van der Waals surface area contributed by atoms with E-state index in [-0.39, 0.29) is 0 Å². The third kappa shape index (κ3) is 3.74. The molecule has 1 N–H and O–H groups in total. The lowest BCUT2D eigenvalue weighted by Gasteiger charge is -2.20. The van der Waals surface area contributed by atoms with Crippen LogP contribution in [0.25, 0.3) is 0 Å². The summed E-state index contributed by atoms with van der Waals surface area (Å²) in [5.74, 6) is 0.901. The van der Waals surface area contributed by atoms with E-state index in [2.05, 4.69) is 52.5 Å². The second-order valence-electron chi connectivity index (χ2n) is 5.70. The molecule has 0 radical (unpaired) electrons. The molecule has 2 unspecified atom stereocenters. The van der Waals surface area contributed by atoms with E-state index in [4.69, 9.17) is 11.6 Å². The van der Waals surface area contributed by atoms with Gasteiger partial charge in [0.1, 0.15) is 5.82 Å². The van der Waals surface area contributed by atoms with E-state index in [1.54, 1.807) is 6.20 Å². The van der Waals surface area contributed by atoms with Crippen molar-refractivity contribution < 1.29 is 0 Å². The largest absolute Gasteiger partial charge is 0.366 e. The molecule has 0 bridgehead atoms. The summed E-state index contributed by atoms with van der Waals surface area (Å²) >= 11 is 5.87. The highest BCUT2D eigenvalue weighted by Crippen LogP contribution is 2.22. The lowest BCUT2D eigenvalue weighted by molar-refractivity contribution is 0.259. The van der Waals surface area contributed by atoms with Gasteiger partial charge in [0.05, 0.1) is 5.02 Å². The number of anilines is 1. The van der Waals surface area contributed by atoms with Crippen LogP contribution in [-0.2, 0) is 6.54 Å². The molecule has 3 rings (SSSR count). The standard InChI is InChI=1S/C17H20ClN3/c1-13-9-16(20-17-8-7-15(18)10-19-17)12-21(13)11-14-5-3-2-4-6-14/h2-8,10,13,16H,9,11-12H2,1H3,(H,19,20). The lowest BCUT2D eigenvalue weighted by Crippen LogP contribution is -2.28. The van der Waals surface area contributed by atoms with E-state index in [1.807, 2.05) is 12.1 Å². The van der Waals surface area contributed by atoms with Gasteiger partial charge in [-0.1, -0.05) is 41.9 Å². The molecule has 1 aliphatic heterocycles. The van der Waals surface area contributed by atoms with Crippen LogP contribution in [0.5, 0.6) is 0 Å². The number of likely N-dealkylation sites (tertiary alicyclic amines) is 1. The number of nitrogens with one attached hydrogen (secondary N) is 1. The van der Waals surface area contributed by atoms with E-state index in [1.165, 1.54) is 5.56 Å². The van der Waals surface area contributed by atoms with Crippen LogP contribution in [0.15, 0.2) is 48.7 Å². The molecule has 0 spiro atoms. The number of nitrogens with zero attached hydrogens (tertiary/aromatic N) is 2. The van der Waals surface area contributed by atoms with Gasteiger partial charge in [-0.3, -0.25) is 4.90 Å². The van der Waals surface area contributed by atoms with E-state index in [9.17, 15) is 0 Å². The van der Waals surface area contributed by atoms with Gasteiger partial charge in [-0.05, 0) is 31.0 Å². The van der Waals surface area contributed by atoms with Crippen molar-refractivity contribution >= 4 is 17.4 Å². The minimum atomic E-state index is 0.442. The summed E-state index contributed by atoms with van der Waals surface area (Å²) in [4.78, 5) is 6.83. The molecule has 1 fully saturated rings. The Labute approximate surface area is 131 Å². The van der Waals surface area contributed by atoms with Crippen molar-refractivity contribution in [1.82, 2.24) is 9.88 Å². The van der Waals surface area contributed by atoms with Crippen molar-refractivity contribution in [3.8, 4) is 0 Å². The zero-order valence-electron chi connectivity index (χ0n) is 12.2. The Kier molecular flexibility index (Phi) is 4.42. The molecular weight excluding hydrogens is 282 g/mol. The van der Waals surface area contributed by atoms with Crippen LogP contribution < -0.4 is 5.32 Å². The molecule has 1 aliphatic rings. The van der Waals surface area contributed by atoms with E-state index in [0.29, 0.717) is 17.1 Å². The SMILES string of the molecule is CC1CC(Nc2ccc(Cl)cn2)CN1Cc1ccccc1. The number of hydrogen-bond acceptors (Lipinski definition) is 3. The summed E-state index contributed by atoms with van der Waals surface area (Å²) in [5.41, 5.74) is 1.37. The molecule has 0 amide bonds. The smallest absolute Gasteiger partial charge is 0.126 e. The minimum Gasteiger partial charge on any atom is -0.366 e. The summed E-state index contributed by atoms with van der Waals surface area (Å²) < 4.78 is 0. The highest BCUT2D eigenvalue weighted by molar-refractivity contribution is 6.30. The van der Waals surface area contributed by atoms with Crippen LogP contribution in [-0.4, -0.2) is 28.5 Å². The molecule has 2 aromatic rings. The van der Waals surface area contributed by atoms with Crippen molar-refractivity contribution in [2.45, 2.75) is 32.0 Å². The van der Waals surface area contributed by atoms with Crippen LogP contribution in [0.3, 0.4) is 0 Å². The number of pyridine rings is 1. The van der Waals surface area contributed by atoms with Gasteiger partial charge in [0.2, 0.25) is 0 Å². The molecule has 4 heteroatoms. The molecule has 0 saturated carbocycles. The Bertz CT molecular complexity index is 570. The Morgan fingerprint density at radius 3 is 2.76 bits per heavy atom. The number of benzene rings is 1. The molecule has 1 aromatic heterocycles. The second-order valence-corrected chi connectivity index (χ2v) is 6.14. The molecule has 1 aromatic carbocycles. The van der Waals surface area contributed by atoms with Crippen LogP contribution in [0.4, 0.5) is 5.82 Å². The monoisotopic (exact) mass is 301 g/mol. The number of rotatable bonds is 4. The normalized spacial score (nSPS) is 22.4. The third-order valence-electron chi connectivity index (χ3n) is 4.01. The highest BCUT2D eigenvalue weighted by atomic mass is 35.5. The Morgan fingerprint density at radius 1 is 1.24 bits per heavy atom. The quantitative estimate of drug-likeness (QED) is 0.931. The van der Waals surface area contributed by atoms with Crippen LogP contribution >= 0.6 is 11.6 Å². The van der Waals surface area contributed by atoms with Crippen molar-refractivity contribution in [2.75, 3.05) is 11.9 Å². The predicted octanol–water partition coefficient (Wildman–Crippen LogP) is 3.81. The van der Waals surface area contributed by atoms with Crippen LogP contribution in [0.2, 0.25) is 5.02 Å². The lowest BCUT2D eigenvalue weighted by atomic mass is 10.2. The third-order valence-corrected chi connectivity index (χ3v) is 4.24. The Hall–Kier alpha value is -1.58. The minimum absolute atomic E-state index is 0.442. The van der Waals surface area contributed by atoms with Crippen LogP contribution in [0, 0.1) is 0 Å². The molecular formula is C17H20ClN3. The number of halogens is 1. The molecule has 110 valence electrons. The molecule has 3 nitrogen and oxygen atoms in total. The summed E-state index contributed by atoms with van der Waals surface area (Å²) in [6.07, 6.45) is 2.82. The zero-order valence-corrected chi connectivity index (χ0v) is 12.9.